The predicted octanol–water partition coefficient (Wildman–Crippen LogP) is 2.13. The van der Waals surface area contributed by atoms with Crippen LogP contribution in [0.4, 0.5) is 5.69 Å². The minimum absolute atomic E-state index is 0.0794. The molecule has 1 aromatic heterocycles. The Morgan fingerprint density at radius 2 is 1.97 bits per heavy atom. The van der Waals surface area contributed by atoms with Crippen LogP contribution in [0.2, 0.25) is 0 Å². The van der Waals surface area contributed by atoms with E-state index in [9.17, 15) is 14.4 Å². The van der Waals surface area contributed by atoms with Gasteiger partial charge in [-0.3, -0.25) is 14.2 Å². The van der Waals surface area contributed by atoms with E-state index >= 15 is 0 Å². The molecule has 1 aromatic carbocycles. The Kier molecular flexibility index (Phi) is 6.72. The second-order valence-electron chi connectivity index (χ2n) is 7.86. The first kappa shape index (κ1) is 21.6. The fourth-order valence-corrected chi connectivity index (χ4v) is 4.97. The van der Waals surface area contributed by atoms with E-state index < -0.39 is 5.91 Å². The highest BCUT2D eigenvalue weighted by molar-refractivity contribution is 8.00. The Bertz CT molecular complexity index is 1030. The number of primary amides is 1. The normalized spacial score (nSPS) is 17.9. The summed E-state index contributed by atoms with van der Waals surface area (Å²) in [6.45, 7) is 1.31. The molecule has 0 saturated carbocycles. The summed E-state index contributed by atoms with van der Waals surface area (Å²) in [6.07, 6.45) is 5.91. The van der Waals surface area contributed by atoms with Gasteiger partial charge in [0.05, 0.1) is 18.4 Å². The Morgan fingerprint density at radius 3 is 2.68 bits per heavy atom. The molecule has 2 aromatic rings. The van der Waals surface area contributed by atoms with Crippen LogP contribution in [0, 0.1) is 0 Å². The Hall–Kier alpha value is -2.65. The number of rotatable bonds is 7. The predicted molar refractivity (Wildman–Crippen MR) is 118 cm³/mol. The van der Waals surface area contributed by atoms with E-state index in [1.54, 1.807) is 28.8 Å². The molecule has 1 unspecified atom stereocenters. The number of ether oxygens (including phenoxy) is 1. The van der Waals surface area contributed by atoms with Crippen LogP contribution in [0.1, 0.15) is 47.3 Å². The Morgan fingerprint density at radius 1 is 1.19 bits per heavy atom. The van der Waals surface area contributed by atoms with Crippen LogP contribution in [-0.4, -0.2) is 39.8 Å². The van der Waals surface area contributed by atoms with Crippen LogP contribution in [0.5, 0.6) is 0 Å². The number of nitrogens with one attached hydrogen (secondary N) is 1. The number of carbonyl (C=O) groups is 2. The van der Waals surface area contributed by atoms with Crippen molar-refractivity contribution in [2.24, 2.45) is 5.73 Å². The molecule has 31 heavy (non-hydrogen) atoms. The smallest absolute Gasteiger partial charge is 0.348 e. The topological polar surface area (TPSA) is 116 Å². The number of amides is 2. The average molecular weight is 443 g/mol. The molecular formula is C22H26N4O4S. The molecule has 0 spiro atoms. The number of nitrogens with two attached hydrogens (primary N) is 1. The van der Waals surface area contributed by atoms with Gasteiger partial charge in [-0.1, -0.05) is 11.8 Å². The third-order valence-corrected chi connectivity index (χ3v) is 6.67. The molecule has 2 heterocycles. The highest BCUT2D eigenvalue weighted by Gasteiger charge is 2.24. The molecule has 1 atom stereocenters. The van der Waals surface area contributed by atoms with Gasteiger partial charge in [0.1, 0.15) is 5.03 Å². The maximum Gasteiger partial charge on any atom is 0.348 e. The number of benzene rings is 1. The maximum atomic E-state index is 12.8. The number of thioether (sulfide) groups is 1. The minimum atomic E-state index is -0.515. The number of fused-ring (bicyclic) bond motifs is 1. The van der Waals surface area contributed by atoms with Crippen LogP contribution >= 0.6 is 11.8 Å². The Balaban J connectivity index is 1.45. The van der Waals surface area contributed by atoms with Crippen molar-refractivity contribution in [2.75, 3.05) is 17.7 Å². The van der Waals surface area contributed by atoms with Crippen molar-refractivity contribution in [1.82, 2.24) is 9.55 Å². The lowest BCUT2D eigenvalue weighted by Gasteiger charge is -2.24. The van der Waals surface area contributed by atoms with E-state index in [0.717, 1.165) is 56.4 Å². The fourth-order valence-electron chi connectivity index (χ4n) is 4.10. The lowest BCUT2D eigenvalue weighted by molar-refractivity contribution is -0.113. The summed E-state index contributed by atoms with van der Waals surface area (Å²) in [7, 11) is 0. The van der Waals surface area contributed by atoms with Crippen LogP contribution in [0.25, 0.3) is 0 Å². The lowest BCUT2D eigenvalue weighted by Crippen LogP contribution is -2.34. The molecule has 9 heteroatoms. The first-order chi connectivity index (χ1) is 15.0. The van der Waals surface area contributed by atoms with E-state index in [4.69, 9.17) is 10.5 Å². The van der Waals surface area contributed by atoms with E-state index in [-0.39, 0.29) is 23.5 Å². The van der Waals surface area contributed by atoms with Gasteiger partial charge < -0.3 is 15.8 Å². The molecule has 0 bridgehead atoms. The summed E-state index contributed by atoms with van der Waals surface area (Å²) in [4.78, 5) is 40.6. The number of aromatic nitrogens is 2. The maximum absolute atomic E-state index is 12.8. The van der Waals surface area contributed by atoms with Gasteiger partial charge in [0.2, 0.25) is 11.8 Å². The summed E-state index contributed by atoms with van der Waals surface area (Å²) in [5, 5.41) is 3.45. The minimum Gasteiger partial charge on any atom is -0.376 e. The van der Waals surface area contributed by atoms with E-state index in [0.29, 0.717) is 22.8 Å². The highest BCUT2D eigenvalue weighted by Crippen LogP contribution is 2.29. The number of anilines is 1. The Labute approximate surface area is 184 Å². The van der Waals surface area contributed by atoms with Crippen molar-refractivity contribution in [3.05, 3.63) is 51.6 Å². The number of carbonyl (C=O) groups excluding carboxylic acids is 2. The molecule has 0 radical (unpaired) electrons. The van der Waals surface area contributed by atoms with Crippen molar-refractivity contribution in [3.8, 4) is 0 Å². The van der Waals surface area contributed by atoms with Gasteiger partial charge in [0.25, 0.3) is 0 Å². The van der Waals surface area contributed by atoms with Gasteiger partial charge in [-0.2, -0.15) is 4.98 Å². The van der Waals surface area contributed by atoms with E-state index in [1.165, 1.54) is 11.8 Å². The number of hydrogen-bond donors (Lipinski definition) is 2. The average Bonchev–Trinajstić information content (AvgIpc) is 3.28. The third-order valence-electron chi connectivity index (χ3n) is 5.65. The van der Waals surface area contributed by atoms with Gasteiger partial charge in [0, 0.05) is 29.1 Å². The van der Waals surface area contributed by atoms with Gasteiger partial charge in [-0.15, -0.1) is 0 Å². The molecule has 1 aliphatic carbocycles. The first-order valence-corrected chi connectivity index (χ1v) is 11.6. The van der Waals surface area contributed by atoms with Crippen LogP contribution in [0.3, 0.4) is 0 Å². The molecule has 164 valence electrons. The summed E-state index contributed by atoms with van der Waals surface area (Å²) < 4.78 is 7.50. The van der Waals surface area contributed by atoms with Crippen molar-refractivity contribution < 1.29 is 14.3 Å². The largest absolute Gasteiger partial charge is 0.376 e. The highest BCUT2D eigenvalue weighted by atomic mass is 32.2. The van der Waals surface area contributed by atoms with Gasteiger partial charge in [-0.05, 0) is 62.8 Å². The zero-order valence-corrected chi connectivity index (χ0v) is 18.1. The van der Waals surface area contributed by atoms with Crippen molar-refractivity contribution in [1.29, 1.82) is 0 Å². The molecule has 8 nitrogen and oxygen atoms in total. The van der Waals surface area contributed by atoms with Crippen molar-refractivity contribution in [3.63, 3.8) is 0 Å². The van der Waals surface area contributed by atoms with E-state index in [1.807, 2.05) is 0 Å². The van der Waals surface area contributed by atoms with E-state index in [2.05, 4.69) is 10.3 Å². The van der Waals surface area contributed by atoms with Crippen LogP contribution in [-0.2, 0) is 28.9 Å². The lowest BCUT2D eigenvalue weighted by atomic mass is 9.97. The molecule has 2 amide bonds. The zero-order valence-electron chi connectivity index (χ0n) is 17.3. The molecule has 1 aliphatic heterocycles. The summed E-state index contributed by atoms with van der Waals surface area (Å²) in [5.41, 5.74) is 8.07. The quantitative estimate of drug-likeness (QED) is 0.501. The molecule has 2 aliphatic rings. The second kappa shape index (κ2) is 9.65. The molecule has 3 N–H and O–H groups in total. The molecule has 1 fully saturated rings. The second-order valence-corrected chi connectivity index (χ2v) is 8.82. The third kappa shape index (κ3) is 5.16. The van der Waals surface area contributed by atoms with Gasteiger partial charge >= 0.3 is 5.69 Å². The van der Waals surface area contributed by atoms with Gasteiger partial charge in [-0.25, -0.2) is 4.79 Å². The van der Waals surface area contributed by atoms with Crippen LogP contribution in [0.15, 0.2) is 34.1 Å². The summed E-state index contributed by atoms with van der Waals surface area (Å²) in [6, 6.07) is 6.40. The monoisotopic (exact) mass is 442 g/mol. The van der Waals surface area contributed by atoms with Crippen LogP contribution < -0.4 is 16.7 Å². The van der Waals surface area contributed by atoms with Crippen molar-refractivity contribution in [2.45, 2.75) is 56.2 Å². The number of hydrogen-bond acceptors (Lipinski definition) is 6. The van der Waals surface area contributed by atoms with Crippen molar-refractivity contribution >= 4 is 29.3 Å². The number of nitrogens with zero attached hydrogens (tertiary/aromatic N) is 2. The molecular weight excluding hydrogens is 416 g/mol. The molecule has 4 rings (SSSR count). The SMILES string of the molecule is NC(=O)c1ccc(NC(=O)CSc2nc(=O)n(CC3CCCO3)c3c2CCCC3)cc1. The van der Waals surface area contributed by atoms with Gasteiger partial charge in [0.15, 0.2) is 0 Å². The fraction of sp³-hybridized carbons (Fsp3) is 0.455. The standard InChI is InChI=1S/C22H26N4O4S/c23-20(28)14-7-9-15(10-8-14)24-19(27)13-31-21-17-5-1-2-6-18(17)26(22(29)25-21)12-16-4-3-11-30-16/h7-10,16H,1-6,11-13H2,(H2,23,28)(H,24,27). The zero-order chi connectivity index (χ0) is 21.8. The summed E-state index contributed by atoms with van der Waals surface area (Å²) >= 11 is 1.29. The molecule has 1 saturated heterocycles. The first-order valence-electron chi connectivity index (χ1n) is 10.6. The summed E-state index contributed by atoms with van der Waals surface area (Å²) in [5.74, 6) is -0.572.